The summed E-state index contributed by atoms with van der Waals surface area (Å²) in [5.74, 6) is 1.51. The zero-order valence-electron chi connectivity index (χ0n) is 16.8. The summed E-state index contributed by atoms with van der Waals surface area (Å²) < 4.78 is 13.0. The Labute approximate surface area is 207 Å². The summed E-state index contributed by atoms with van der Waals surface area (Å²) in [5.41, 5.74) is 6.21. The standard InChI is InChI=1S/C21H18Br2Cl2N4O2/c1-11-6-12(2)28-21(27-11)29-26-9-14-8-17(30-3)20(19(23)18(14)22)31-10-13-4-5-15(24)16(25)7-13/h4-9H,10H2,1-3H3,(H,27,28,29)/b26-9+. The van der Waals surface area contributed by atoms with Crippen molar-refractivity contribution in [3.63, 3.8) is 0 Å². The highest BCUT2D eigenvalue weighted by Gasteiger charge is 2.17. The van der Waals surface area contributed by atoms with Gasteiger partial charge in [0.25, 0.3) is 0 Å². The second-order valence-corrected chi connectivity index (χ2v) is 8.91. The van der Waals surface area contributed by atoms with Gasteiger partial charge in [0.1, 0.15) is 6.61 Å². The number of aromatic nitrogens is 2. The number of nitrogens with one attached hydrogen (secondary N) is 1. The molecule has 0 atom stereocenters. The molecule has 0 fully saturated rings. The van der Waals surface area contributed by atoms with Crippen LogP contribution in [-0.2, 0) is 6.61 Å². The van der Waals surface area contributed by atoms with Gasteiger partial charge in [0.05, 0.1) is 27.8 Å². The number of hydrogen-bond donors (Lipinski definition) is 1. The predicted molar refractivity (Wildman–Crippen MR) is 132 cm³/mol. The molecule has 6 nitrogen and oxygen atoms in total. The van der Waals surface area contributed by atoms with Crippen molar-refractivity contribution < 1.29 is 9.47 Å². The van der Waals surface area contributed by atoms with E-state index in [1.807, 2.05) is 32.0 Å². The Morgan fingerprint density at radius 1 is 1.03 bits per heavy atom. The maximum Gasteiger partial charge on any atom is 0.243 e. The summed E-state index contributed by atoms with van der Waals surface area (Å²) in [7, 11) is 1.57. The second kappa shape index (κ2) is 10.6. The van der Waals surface area contributed by atoms with Gasteiger partial charge < -0.3 is 9.47 Å². The lowest BCUT2D eigenvalue weighted by Crippen LogP contribution is -2.02. The molecular weight excluding hydrogens is 571 g/mol. The van der Waals surface area contributed by atoms with Crippen LogP contribution in [0.1, 0.15) is 22.5 Å². The van der Waals surface area contributed by atoms with E-state index in [2.05, 4.69) is 52.4 Å². The Morgan fingerprint density at radius 3 is 2.39 bits per heavy atom. The van der Waals surface area contributed by atoms with E-state index in [9.17, 15) is 0 Å². The summed E-state index contributed by atoms with van der Waals surface area (Å²) in [6, 6.07) is 9.06. The summed E-state index contributed by atoms with van der Waals surface area (Å²) in [6.07, 6.45) is 1.64. The van der Waals surface area contributed by atoms with E-state index in [-0.39, 0.29) is 6.61 Å². The van der Waals surface area contributed by atoms with E-state index in [0.29, 0.717) is 32.0 Å². The third-order valence-corrected chi connectivity index (χ3v) is 6.98. The van der Waals surface area contributed by atoms with Crippen molar-refractivity contribution in [1.29, 1.82) is 0 Å². The zero-order valence-corrected chi connectivity index (χ0v) is 21.5. The van der Waals surface area contributed by atoms with Crippen LogP contribution in [0.5, 0.6) is 11.5 Å². The van der Waals surface area contributed by atoms with E-state index in [1.165, 1.54) is 0 Å². The number of rotatable bonds is 7. The van der Waals surface area contributed by atoms with E-state index < -0.39 is 0 Å². The van der Waals surface area contributed by atoms with Crippen molar-refractivity contribution in [1.82, 2.24) is 9.97 Å². The first-order valence-corrected chi connectivity index (χ1v) is 11.4. The molecule has 1 heterocycles. The minimum Gasteiger partial charge on any atom is -0.493 e. The first-order chi connectivity index (χ1) is 14.8. The van der Waals surface area contributed by atoms with Crippen molar-refractivity contribution in [2.24, 2.45) is 5.10 Å². The van der Waals surface area contributed by atoms with Gasteiger partial charge in [-0.15, -0.1) is 0 Å². The van der Waals surface area contributed by atoms with Gasteiger partial charge in [0.15, 0.2) is 11.5 Å². The molecule has 0 saturated carbocycles. The minimum atomic E-state index is 0.289. The van der Waals surface area contributed by atoms with Gasteiger partial charge in [-0.25, -0.2) is 15.4 Å². The number of methoxy groups -OCH3 is 1. The fraction of sp³-hybridized carbons (Fsp3) is 0.190. The number of anilines is 1. The molecule has 3 rings (SSSR count). The third-order valence-electron chi connectivity index (χ3n) is 4.09. The molecule has 0 spiro atoms. The number of benzene rings is 2. The van der Waals surface area contributed by atoms with Gasteiger partial charge >= 0.3 is 0 Å². The van der Waals surface area contributed by atoms with Gasteiger partial charge in [-0.1, -0.05) is 29.3 Å². The Balaban J connectivity index is 1.80. The lowest BCUT2D eigenvalue weighted by atomic mass is 10.2. The van der Waals surface area contributed by atoms with Gasteiger partial charge in [-0.3, -0.25) is 0 Å². The largest absolute Gasteiger partial charge is 0.493 e. The van der Waals surface area contributed by atoms with Crippen LogP contribution >= 0.6 is 55.1 Å². The van der Waals surface area contributed by atoms with Crippen LogP contribution in [0.15, 0.2) is 44.4 Å². The van der Waals surface area contributed by atoms with Crippen LogP contribution < -0.4 is 14.9 Å². The average molecular weight is 589 g/mol. The van der Waals surface area contributed by atoms with Gasteiger partial charge in [0, 0.05) is 21.4 Å². The number of aryl methyl sites for hydroxylation is 2. The van der Waals surface area contributed by atoms with E-state index in [4.69, 9.17) is 32.7 Å². The maximum absolute atomic E-state index is 6.08. The zero-order chi connectivity index (χ0) is 22.5. The molecule has 10 heteroatoms. The SMILES string of the molecule is COc1cc(/C=N/Nc2nc(C)cc(C)n2)c(Br)c(Br)c1OCc1ccc(Cl)c(Cl)c1. The fourth-order valence-electron chi connectivity index (χ4n) is 2.71. The maximum atomic E-state index is 6.08. The molecule has 162 valence electrons. The lowest BCUT2D eigenvalue weighted by molar-refractivity contribution is 0.282. The predicted octanol–water partition coefficient (Wildman–Crippen LogP) is 6.96. The molecule has 1 N–H and O–H groups in total. The number of nitrogens with zero attached hydrogens (tertiary/aromatic N) is 3. The molecule has 0 amide bonds. The number of hydrogen-bond acceptors (Lipinski definition) is 6. The molecule has 0 aliphatic carbocycles. The first-order valence-electron chi connectivity index (χ1n) is 9.02. The Hall–Kier alpha value is -1.87. The quantitative estimate of drug-likeness (QED) is 0.239. The van der Waals surface area contributed by atoms with Crippen LogP contribution in [0.25, 0.3) is 0 Å². The molecular formula is C21H18Br2Cl2N4O2. The Morgan fingerprint density at radius 2 is 1.74 bits per heavy atom. The smallest absolute Gasteiger partial charge is 0.243 e. The molecule has 0 bridgehead atoms. The molecule has 0 aliphatic heterocycles. The van der Waals surface area contributed by atoms with Crippen LogP contribution in [0.4, 0.5) is 5.95 Å². The highest BCUT2D eigenvalue weighted by molar-refractivity contribution is 9.13. The van der Waals surface area contributed by atoms with Crippen LogP contribution in [0.2, 0.25) is 10.0 Å². The molecule has 0 radical (unpaired) electrons. The summed E-state index contributed by atoms with van der Waals surface area (Å²) >= 11 is 19.2. The van der Waals surface area contributed by atoms with Crippen LogP contribution in [-0.4, -0.2) is 23.3 Å². The average Bonchev–Trinajstić information content (AvgIpc) is 2.72. The van der Waals surface area contributed by atoms with Gasteiger partial charge in [-0.05, 0) is 75.5 Å². The van der Waals surface area contributed by atoms with Crippen molar-refractivity contribution in [2.45, 2.75) is 20.5 Å². The molecule has 0 unspecified atom stereocenters. The highest BCUT2D eigenvalue weighted by atomic mass is 79.9. The molecule has 0 aliphatic rings. The van der Waals surface area contributed by atoms with Gasteiger partial charge in [0.2, 0.25) is 5.95 Å². The van der Waals surface area contributed by atoms with E-state index in [1.54, 1.807) is 25.5 Å². The third kappa shape index (κ3) is 6.10. The van der Waals surface area contributed by atoms with Crippen LogP contribution in [0.3, 0.4) is 0 Å². The van der Waals surface area contributed by atoms with Gasteiger partial charge in [-0.2, -0.15) is 5.10 Å². The second-order valence-electron chi connectivity index (χ2n) is 6.51. The normalized spacial score (nSPS) is 11.1. The lowest BCUT2D eigenvalue weighted by Gasteiger charge is -2.15. The van der Waals surface area contributed by atoms with E-state index >= 15 is 0 Å². The van der Waals surface area contributed by atoms with Crippen LogP contribution in [0, 0.1) is 13.8 Å². The number of halogens is 4. The molecule has 3 aromatic rings. The molecule has 1 aromatic heterocycles. The fourth-order valence-corrected chi connectivity index (χ4v) is 3.96. The van der Waals surface area contributed by atoms with Crippen molar-refractivity contribution in [2.75, 3.05) is 12.5 Å². The van der Waals surface area contributed by atoms with Crippen molar-refractivity contribution in [3.8, 4) is 11.5 Å². The first kappa shape index (κ1) is 23.8. The number of ether oxygens (including phenoxy) is 2. The summed E-state index contributed by atoms with van der Waals surface area (Å²) in [4.78, 5) is 8.60. The molecule has 2 aromatic carbocycles. The monoisotopic (exact) mass is 586 g/mol. The highest BCUT2D eigenvalue weighted by Crippen LogP contribution is 2.42. The topological polar surface area (TPSA) is 68.6 Å². The van der Waals surface area contributed by atoms with Crippen molar-refractivity contribution in [3.05, 3.63) is 71.8 Å². The minimum absolute atomic E-state index is 0.289. The number of hydrazone groups is 1. The summed E-state index contributed by atoms with van der Waals surface area (Å²) in [6.45, 7) is 4.09. The molecule has 0 saturated heterocycles. The summed E-state index contributed by atoms with van der Waals surface area (Å²) in [5, 5.41) is 5.21. The molecule has 31 heavy (non-hydrogen) atoms. The van der Waals surface area contributed by atoms with E-state index in [0.717, 1.165) is 27.0 Å². The Bertz CT molecular complexity index is 1120. The Kier molecular flexibility index (Phi) is 8.16. The van der Waals surface area contributed by atoms with Crippen molar-refractivity contribution >= 4 is 67.2 Å².